The second kappa shape index (κ2) is 4.71. The minimum Gasteiger partial charge on any atom is -0.458 e. The van der Waals surface area contributed by atoms with E-state index in [1.807, 2.05) is 12.1 Å². The Morgan fingerprint density at radius 1 is 1.05 bits per heavy atom. The Bertz CT molecular complexity index is 781. The molecule has 21 heavy (non-hydrogen) atoms. The summed E-state index contributed by atoms with van der Waals surface area (Å²) in [5.41, 5.74) is 3.20. The van der Waals surface area contributed by atoms with E-state index in [4.69, 9.17) is 4.42 Å². The van der Waals surface area contributed by atoms with Gasteiger partial charge in [0.15, 0.2) is 0 Å². The van der Waals surface area contributed by atoms with Gasteiger partial charge in [0.2, 0.25) is 0 Å². The number of furan rings is 1. The average molecular weight is 282 g/mol. The Hall–Kier alpha value is -2.13. The lowest BCUT2D eigenvalue weighted by Crippen LogP contribution is -2.12. The minimum atomic E-state index is -0.659. The van der Waals surface area contributed by atoms with E-state index < -0.39 is 6.10 Å². The summed E-state index contributed by atoms with van der Waals surface area (Å²) in [6, 6.07) is 14.4. The fourth-order valence-corrected chi connectivity index (χ4v) is 3.23. The fourth-order valence-electron chi connectivity index (χ4n) is 3.23. The van der Waals surface area contributed by atoms with Gasteiger partial charge in [-0.1, -0.05) is 24.3 Å². The summed E-state index contributed by atoms with van der Waals surface area (Å²) < 4.78 is 18.9. The van der Waals surface area contributed by atoms with Crippen LogP contribution in [0.3, 0.4) is 0 Å². The lowest BCUT2D eigenvalue weighted by Gasteiger charge is -2.14. The molecule has 0 amide bonds. The number of hydrogen-bond donors (Lipinski definition) is 1. The SMILES string of the molecule is OC(c1cc2cc(F)ccc2o1)C1Cc2ccccc2C1. The van der Waals surface area contributed by atoms with Crippen molar-refractivity contribution in [1.29, 1.82) is 0 Å². The van der Waals surface area contributed by atoms with Crippen molar-refractivity contribution in [3.8, 4) is 0 Å². The van der Waals surface area contributed by atoms with Gasteiger partial charge in [0.1, 0.15) is 23.3 Å². The predicted octanol–water partition coefficient (Wildman–Crippen LogP) is 4.02. The van der Waals surface area contributed by atoms with Gasteiger partial charge in [0, 0.05) is 11.3 Å². The molecule has 1 aromatic heterocycles. The average Bonchev–Trinajstić information content (AvgIpc) is 3.09. The molecule has 2 aromatic carbocycles. The lowest BCUT2D eigenvalue weighted by molar-refractivity contribution is 0.0921. The van der Waals surface area contributed by atoms with Gasteiger partial charge in [-0.05, 0) is 48.2 Å². The Kier molecular flexibility index (Phi) is 2.82. The van der Waals surface area contributed by atoms with Crippen molar-refractivity contribution >= 4 is 11.0 Å². The Morgan fingerprint density at radius 2 is 1.76 bits per heavy atom. The molecule has 0 saturated heterocycles. The third kappa shape index (κ3) is 2.14. The van der Waals surface area contributed by atoms with Crippen LogP contribution in [0.15, 0.2) is 52.9 Å². The van der Waals surface area contributed by atoms with Gasteiger partial charge in [-0.2, -0.15) is 0 Å². The maximum Gasteiger partial charge on any atom is 0.134 e. The quantitative estimate of drug-likeness (QED) is 0.770. The van der Waals surface area contributed by atoms with Crippen LogP contribution in [0.5, 0.6) is 0 Å². The molecular formula is C18H15FO2. The first kappa shape index (κ1) is 12.6. The summed E-state index contributed by atoms with van der Waals surface area (Å²) in [6.45, 7) is 0. The molecule has 0 saturated carbocycles. The molecule has 0 fully saturated rings. The van der Waals surface area contributed by atoms with Crippen LogP contribution in [-0.2, 0) is 12.8 Å². The highest BCUT2D eigenvalue weighted by Gasteiger charge is 2.30. The van der Waals surface area contributed by atoms with Gasteiger partial charge in [0.05, 0.1) is 0 Å². The molecule has 106 valence electrons. The number of halogens is 1. The Labute approximate surface area is 121 Å². The summed E-state index contributed by atoms with van der Waals surface area (Å²) in [6.07, 6.45) is 1.04. The summed E-state index contributed by atoms with van der Waals surface area (Å²) in [5.74, 6) is 0.346. The first-order valence-electron chi connectivity index (χ1n) is 7.14. The van der Waals surface area contributed by atoms with E-state index in [-0.39, 0.29) is 11.7 Å². The molecule has 1 heterocycles. The molecule has 4 rings (SSSR count). The molecule has 1 atom stereocenters. The molecule has 0 radical (unpaired) electrons. The zero-order valence-corrected chi connectivity index (χ0v) is 11.4. The first-order valence-corrected chi connectivity index (χ1v) is 7.14. The molecule has 0 aliphatic heterocycles. The van der Waals surface area contributed by atoms with E-state index in [0.29, 0.717) is 16.7 Å². The third-order valence-electron chi connectivity index (χ3n) is 4.32. The zero-order chi connectivity index (χ0) is 14.4. The Morgan fingerprint density at radius 3 is 2.48 bits per heavy atom. The van der Waals surface area contributed by atoms with E-state index in [1.165, 1.54) is 23.3 Å². The Balaban J connectivity index is 1.64. The maximum atomic E-state index is 13.2. The van der Waals surface area contributed by atoms with Crippen molar-refractivity contribution in [2.45, 2.75) is 18.9 Å². The van der Waals surface area contributed by atoms with Crippen LogP contribution in [0.4, 0.5) is 4.39 Å². The second-order valence-corrected chi connectivity index (χ2v) is 5.71. The lowest BCUT2D eigenvalue weighted by atomic mass is 9.97. The molecule has 3 aromatic rings. The van der Waals surface area contributed by atoms with E-state index >= 15 is 0 Å². The standard InChI is InChI=1S/C18H15FO2/c19-15-5-6-16-13(9-15)10-17(21-16)18(20)14-7-11-3-1-2-4-12(11)8-14/h1-6,9-10,14,18,20H,7-8H2. The van der Waals surface area contributed by atoms with E-state index in [9.17, 15) is 9.50 Å². The highest BCUT2D eigenvalue weighted by Crippen LogP contribution is 2.37. The molecule has 1 unspecified atom stereocenters. The first-order chi connectivity index (χ1) is 10.2. The van der Waals surface area contributed by atoms with Crippen LogP contribution in [-0.4, -0.2) is 5.11 Å². The van der Waals surface area contributed by atoms with Gasteiger partial charge in [-0.25, -0.2) is 4.39 Å². The number of fused-ring (bicyclic) bond motifs is 2. The van der Waals surface area contributed by atoms with Gasteiger partial charge < -0.3 is 9.52 Å². The highest BCUT2D eigenvalue weighted by molar-refractivity contribution is 5.78. The molecular weight excluding hydrogens is 267 g/mol. The van der Waals surface area contributed by atoms with E-state index in [1.54, 1.807) is 12.1 Å². The summed E-state index contributed by atoms with van der Waals surface area (Å²) in [5, 5.41) is 11.3. The van der Waals surface area contributed by atoms with Crippen LogP contribution < -0.4 is 0 Å². The highest BCUT2D eigenvalue weighted by atomic mass is 19.1. The van der Waals surface area contributed by atoms with Gasteiger partial charge in [-0.15, -0.1) is 0 Å². The number of hydrogen-bond acceptors (Lipinski definition) is 2. The summed E-state index contributed by atoms with van der Waals surface area (Å²) in [4.78, 5) is 0. The minimum absolute atomic E-state index is 0.118. The molecule has 2 nitrogen and oxygen atoms in total. The normalized spacial score (nSPS) is 16.3. The van der Waals surface area contributed by atoms with Crippen molar-refractivity contribution in [3.05, 3.63) is 71.2 Å². The van der Waals surface area contributed by atoms with Crippen LogP contribution >= 0.6 is 0 Å². The summed E-state index contributed by atoms with van der Waals surface area (Å²) in [7, 11) is 0. The van der Waals surface area contributed by atoms with Gasteiger partial charge in [-0.3, -0.25) is 0 Å². The molecule has 1 N–H and O–H groups in total. The van der Waals surface area contributed by atoms with Gasteiger partial charge in [0.25, 0.3) is 0 Å². The van der Waals surface area contributed by atoms with Crippen LogP contribution in [0, 0.1) is 11.7 Å². The molecule has 1 aliphatic carbocycles. The van der Waals surface area contributed by atoms with E-state index in [2.05, 4.69) is 12.1 Å². The predicted molar refractivity (Wildman–Crippen MR) is 78.5 cm³/mol. The zero-order valence-electron chi connectivity index (χ0n) is 11.4. The largest absolute Gasteiger partial charge is 0.458 e. The molecule has 1 aliphatic rings. The van der Waals surface area contributed by atoms with Crippen molar-refractivity contribution in [2.24, 2.45) is 5.92 Å². The van der Waals surface area contributed by atoms with Gasteiger partial charge >= 0.3 is 0 Å². The van der Waals surface area contributed by atoms with Crippen LogP contribution in [0.1, 0.15) is 23.0 Å². The monoisotopic (exact) mass is 282 g/mol. The van der Waals surface area contributed by atoms with Crippen molar-refractivity contribution in [2.75, 3.05) is 0 Å². The number of rotatable bonds is 2. The number of aliphatic hydroxyl groups is 1. The van der Waals surface area contributed by atoms with Crippen molar-refractivity contribution in [3.63, 3.8) is 0 Å². The molecule has 0 spiro atoms. The maximum absolute atomic E-state index is 13.2. The van der Waals surface area contributed by atoms with E-state index in [0.717, 1.165) is 12.8 Å². The van der Waals surface area contributed by atoms with Crippen molar-refractivity contribution in [1.82, 2.24) is 0 Å². The second-order valence-electron chi connectivity index (χ2n) is 5.71. The smallest absolute Gasteiger partial charge is 0.134 e. The summed E-state index contributed by atoms with van der Waals surface area (Å²) >= 11 is 0. The number of aliphatic hydroxyl groups excluding tert-OH is 1. The number of benzene rings is 2. The van der Waals surface area contributed by atoms with Crippen molar-refractivity contribution < 1.29 is 13.9 Å². The molecule has 3 heteroatoms. The van der Waals surface area contributed by atoms with Crippen LogP contribution in [0.25, 0.3) is 11.0 Å². The van der Waals surface area contributed by atoms with Crippen LogP contribution in [0.2, 0.25) is 0 Å². The third-order valence-corrected chi connectivity index (χ3v) is 4.32. The topological polar surface area (TPSA) is 33.4 Å². The fraction of sp³-hybridized carbons (Fsp3) is 0.222. The molecule has 0 bridgehead atoms.